The van der Waals surface area contributed by atoms with Crippen molar-refractivity contribution >= 4 is 10.2 Å². The van der Waals surface area contributed by atoms with Crippen LogP contribution >= 0.6 is 0 Å². The maximum Gasteiger partial charge on any atom is 0.282 e. The SMILES string of the molecule is CCCN(C1CC2CCC(C1)N2)S(=O)(=O)N1CCCC1. The van der Waals surface area contributed by atoms with Gasteiger partial charge in [0.25, 0.3) is 10.2 Å². The molecule has 3 aliphatic heterocycles. The molecule has 0 aromatic rings. The first kappa shape index (κ1) is 14.8. The van der Waals surface area contributed by atoms with E-state index in [1.165, 1.54) is 12.8 Å². The average Bonchev–Trinajstić information content (AvgIpc) is 3.06. The van der Waals surface area contributed by atoms with Crippen molar-refractivity contribution in [3.05, 3.63) is 0 Å². The van der Waals surface area contributed by atoms with Crippen LogP contribution in [0.4, 0.5) is 0 Å². The molecule has 116 valence electrons. The lowest BCUT2D eigenvalue weighted by Crippen LogP contribution is -2.53. The van der Waals surface area contributed by atoms with E-state index < -0.39 is 10.2 Å². The van der Waals surface area contributed by atoms with E-state index in [9.17, 15) is 8.42 Å². The zero-order valence-corrected chi connectivity index (χ0v) is 13.2. The number of piperidine rings is 1. The molecular weight excluding hydrogens is 274 g/mol. The van der Waals surface area contributed by atoms with Gasteiger partial charge in [0.15, 0.2) is 0 Å². The molecule has 3 aliphatic rings. The van der Waals surface area contributed by atoms with Gasteiger partial charge < -0.3 is 5.32 Å². The molecule has 0 aliphatic carbocycles. The van der Waals surface area contributed by atoms with Crippen LogP contribution in [0.2, 0.25) is 0 Å². The number of nitrogens with zero attached hydrogens (tertiary/aromatic N) is 2. The summed E-state index contributed by atoms with van der Waals surface area (Å²) < 4.78 is 29.3. The molecule has 0 aromatic carbocycles. The van der Waals surface area contributed by atoms with E-state index in [1.54, 1.807) is 4.31 Å². The molecule has 2 bridgehead atoms. The highest BCUT2D eigenvalue weighted by atomic mass is 32.2. The summed E-state index contributed by atoms with van der Waals surface area (Å²) in [6.45, 7) is 4.16. The molecule has 3 saturated heterocycles. The molecule has 0 amide bonds. The Balaban J connectivity index is 1.77. The summed E-state index contributed by atoms with van der Waals surface area (Å²) in [5.74, 6) is 0. The summed E-state index contributed by atoms with van der Waals surface area (Å²) in [6, 6.07) is 1.28. The van der Waals surface area contributed by atoms with Crippen LogP contribution in [0.3, 0.4) is 0 Å². The van der Waals surface area contributed by atoms with Crippen LogP contribution in [0.15, 0.2) is 0 Å². The van der Waals surface area contributed by atoms with Gasteiger partial charge in [0, 0.05) is 37.8 Å². The fraction of sp³-hybridized carbons (Fsp3) is 1.00. The summed E-state index contributed by atoms with van der Waals surface area (Å²) in [4.78, 5) is 0. The fourth-order valence-electron chi connectivity index (χ4n) is 4.04. The number of hydrogen-bond donors (Lipinski definition) is 1. The minimum absolute atomic E-state index is 0.208. The van der Waals surface area contributed by atoms with Crippen LogP contribution in [0.1, 0.15) is 51.9 Å². The third-order valence-electron chi connectivity index (χ3n) is 4.99. The van der Waals surface area contributed by atoms with Gasteiger partial charge in [-0.2, -0.15) is 17.0 Å². The third kappa shape index (κ3) is 2.75. The second-order valence-electron chi connectivity index (χ2n) is 6.49. The maximum atomic E-state index is 12.9. The molecule has 6 heteroatoms. The van der Waals surface area contributed by atoms with Gasteiger partial charge in [-0.15, -0.1) is 0 Å². The zero-order chi connectivity index (χ0) is 14.2. The van der Waals surface area contributed by atoms with E-state index in [0.717, 1.165) is 32.1 Å². The van der Waals surface area contributed by atoms with Crippen molar-refractivity contribution in [2.24, 2.45) is 0 Å². The predicted molar refractivity (Wildman–Crippen MR) is 79.7 cm³/mol. The Kier molecular flexibility index (Phi) is 4.36. The molecule has 3 rings (SSSR count). The highest BCUT2D eigenvalue weighted by Gasteiger charge is 2.41. The lowest BCUT2D eigenvalue weighted by Gasteiger charge is -2.38. The van der Waals surface area contributed by atoms with E-state index in [0.29, 0.717) is 31.7 Å². The zero-order valence-electron chi connectivity index (χ0n) is 12.4. The van der Waals surface area contributed by atoms with Crippen molar-refractivity contribution in [1.29, 1.82) is 0 Å². The van der Waals surface area contributed by atoms with Crippen LogP contribution in [0.25, 0.3) is 0 Å². The molecule has 3 fully saturated rings. The molecule has 5 nitrogen and oxygen atoms in total. The van der Waals surface area contributed by atoms with Gasteiger partial charge in [0.2, 0.25) is 0 Å². The lowest BCUT2D eigenvalue weighted by molar-refractivity contribution is 0.215. The first-order valence-corrected chi connectivity index (χ1v) is 9.54. The lowest BCUT2D eigenvalue weighted by atomic mass is 10.00. The first-order valence-electron chi connectivity index (χ1n) is 8.14. The normalized spacial score (nSPS) is 35.0. The van der Waals surface area contributed by atoms with Crippen molar-refractivity contribution in [2.75, 3.05) is 19.6 Å². The van der Waals surface area contributed by atoms with Crippen molar-refractivity contribution in [1.82, 2.24) is 13.9 Å². The van der Waals surface area contributed by atoms with Crippen molar-refractivity contribution < 1.29 is 8.42 Å². The van der Waals surface area contributed by atoms with Gasteiger partial charge in [-0.3, -0.25) is 0 Å². The van der Waals surface area contributed by atoms with Gasteiger partial charge in [-0.25, -0.2) is 0 Å². The first-order chi connectivity index (χ1) is 9.61. The van der Waals surface area contributed by atoms with Crippen LogP contribution in [0, 0.1) is 0 Å². The van der Waals surface area contributed by atoms with E-state index in [1.807, 2.05) is 4.31 Å². The highest BCUT2D eigenvalue weighted by Crippen LogP contribution is 2.32. The molecule has 2 atom stereocenters. The highest BCUT2D eigenvalue weighted by molar-refractivity contribution is 7.86. The molecule has 20 heavy (non-hydrogen) atoms. The quantitative estimate of drug-likeness (QED) is 0.833. The summed E-state index contributed by atoms with van der Waals surface area (Å²) >= 11 is 0. The fourth-order valence-corrected chi connectivity index (χ4v) is 6.01. The van der Waals surface area contributed by atoms with E-state index in [-0.39, 0.29) is 6.04 Å². The Morgan fingerprint density at radius 1 is 1.15 bits per heavy atom. The average molecular weight is 301 g/mol. The van der Waals surface area contributed by atoms with Gasteiger partial charge in [0.05, 0.1) is 0 Å². The number of hydrogen-bond acceptors (Lipinski definition) is 3. The Hall–Kier alpha value is -0.170. The number of nitrogens with one attached hydrogen (secondary N) is 1. The van der Waals surface area contributed by atoms with E-state index >= 15 is 0 Å². The largest absolute Gasteiger partial charge is 0.311 e. The molecule has 1 N–H and O–H groups in total. The minimum atomic E-state index is -3.24. The van der Waals surface area contributed by atoms with Crippen LogP contribution in [-0.4, -0.2) is 54.8 Å². The standard InChI is InChI=1S/C14H27N3O2S/c1-2-7-17(20(18,19)16-8-3-4-9-16)14-10-12-5-6-13(11-14)15-12/h12-15H,2-11H2,1H3. The van der Waals surface area contributed by atoms with Crippen LogP contribution in [0.5, 0.6) is 0 Å². The third-order valence-corrected chi connectivity index (χ3v) is 7.08. The Bertz CT molecular complexity index is 422. The molecule has 0 saturated carbocycles. The molecule has 0 radical (unpaired) electrons. The molecule has 0 spiro atoms. The summed E-state index contributed by atoms with van der Waals surface area (Å²) in [6.07, 6.45) is 7.32. The predicted octanol–water partition coefficient (Wildman–Crippen LogP) is 1.32. The van der Waals surface area contributed by atoms with Gasteiger partial charge >= 0.3 is 0 Å². The van der Waals surface area contributed by atoms with Crippen molar-refractivity contribution in [2.45, 2.75) is 70.0 Å². The number of fused-ring (bicyclic) bond motifs is 2. The topological polar surface area (TPSA) is 52.7 Å². The van der Waals surface area contributed by atoms with E-state index in [4.69, 9.17) is 0 Å². The van der Waals surface area contributed by atoms with Crippen molar-refractivity contribution in [3.63, 3.8) is 0 Å². The molecule has 3 heterocycles. The Morgan fingerprint density at radius 2 is 1.75 bits per heavy atom. The second-order valence-corrected chi connectivity index (χ2v) is 8.37. The maximum absolute atomic E-state index is 12.9. The molecular formula is C14H27N3O2S. The van der Waals surface area contributed by atoms with Gasteiger partial charge in [0.1, 0.15) is 0 Å². The number of rotatable bonds is 5. The van der Waals surface area contributed by atoms with Gasteiger partial charge in [-0.05, 0) is 44.9 Å². The second kappa shape index (κ2) is 5.91. The van der Waals surface area contributed by atoms with E-state index in [2.05, 4.69) is 12.2 Å². The molecule has 2 unspecified atom stereocenters. The Morgan fingerprint density at radius 3 is 2.30 bits per heavy atom. The minimum Gasteiger partial charge on any atom is -0.311 e. The summed E-state index contributed by atoms with van der Waals surface area (Å²) in [7, 11) is -3.24. The van der Waals surface area contributed by atoms with Gasteiger partial charge in [-0.1, -0.05) is 6.92 Å². The van der Waals surface area contributed by atoms with Crippen molar-refractivity contribution in [3.8, 4) is 0 Å². The van der Waals surface area contributed by atoms with Crippen LogP contribution in [-0.2, 0) is 10.2 Å². The Labute approximate surface area is 122 Å². The summed E-state index contributed by atoms with van der Waals surface area (Å²) in [5.41, 5.74) is 0. The monoisotopic (exact) mass is 301 g/mol. The summed E-state index contributed by atoms with van der Waals surface area (Å²) in [5, 5.41) is 3.60. The van der Waals surface area contributed by atoms with Crippen LogP contribution < -0.4 is 5.32 Å². The smallest absolute Gasteiger partial charge is 0.282 e. The molecule has 0 aromatic heterocycles.